The molecule has 1 heterocycles. The molecule has 1 unspecified atom stereocenters. The molecular formula is C17H14FN3O. The summed E-state index contributed by atoms with van der Waals surface area (Å²) in [5.74, 6) is -0.408. The molecule has 0 saturated carbocycles. The Balaban J connectivity index is 2.16. The largest absolute Gasteiger partial charge is 0.296 e. The lowest BCUT2D eigenvalue weighted by Gasteiger charge is -2.15. The van der Waals surface area contributed by atoms with Gasteiger partial charge in [-0.05, 0) is 24.6 Å². The number of nitrogens with zero attached hydrogens (tertiary/aromatic N) is 3. The average Bonchev–Trinajstić information content (AvgIpc) is 2.99. The predicted molar refractivity (Wildman–Crippen MR) is 81.1 cm³/mol. The number of aromatic nitrogens is 3. The Labute approximate surface area is 127 Å². The van der Waals surface area contributed by atoms with E-state index in [0.29, 0.717) is 17.5 Å². The molecule has 1 aromatic heterocycles. The normalized spacial score (nSPS) is 12.1. The van der Waals surface area contributed by atoms with Gasteiger partial charge in [-0.15, -0.1) is 5.10 Å². The number of hydrogen-bond donors (Lipinski definition) is 0. The molecule has 3 aromatic rings. The van der Waals surface area contributed by atoms with E-state index in [4.69, 9.17) is 0 Å². The van der Waals surface area contributed by atoms with Gasteiger partial charge in [0.25, 0.3) is 0 Å². The molecule has 0 aliphatic rings. The van der Waals surface area contributed by atoms with Crippen molar-refractivity contribution in [2.45, 2.75) is 13.0 Å². The van der Waals surface area contributed by atoms with Crippen LogP contribution in [0, 0.1) is 5.82 Å². The molecule has 2 aromatic carbocycles. The maximum Gasteiger partial charge on any atom is 0.172 e. The number of benzene rings is 2. The van der Waals surface area contributed by atoms with Crippen LogP contribution < -0.4 is 0 Å². The molecule has 3 rings (SSSR count). The SMILES string of the molecule is CC(c1ccccc1)n1nnc(C=O)c1-c1ccccc1F. The molecule has 1 atom stereocenters. The van der Waals surface area contributed by atoms with Gasteiger partial charge < -0.3 is 0 Å². The predicted octanol–water partition coefficient (Wildman–Crippen LogP) is 3.51. The van der Waals surface area contributed by atoms with Crippen LogP contribution in [-0.2, 0) is 0 Å². The number of carbonyl (C=O) groups excluding carboxylic acids is 1. The van der Waals surface area contributed by atoms with Crippen LogP contribution in [-0.4, -0.2) is 21.3 Å². The molecule has 0 fully saturated rings. The van der Waals surface area contributed by atoms with Crippen molar-refractivity contribution in [1.82, 2.24) is 15.0 Å². The van der Waals surface area contributed by atoms with E-state index in [1.165, 1.54) is 6.07 Å². The molecule has 22 heavy (non-hydrogen) atoms. The van der Waals surface area contributed by atoms with E-state index in [1.807, 2.05) is 37.3 Å². The minimum atomic E-state index is -0.408. The van der Waals surface area contributed by atoms with Gasteiger partial charge in [-0.2, -0.15) is 0 Å². The first kappa shape index (κ1) is 14.1. The van der Waals surface area contributed by atoms with Crippen molar-refractivity contribution >= 4 is 6.29 Å². The molecular weight excluding hydrogens is 281 g/mol. The van der Waals surface area contributed by atoms with E-state index in [-0.39, 0.29) is 11.7 Å². The van der Waals surface area contributed by atoms with Crippen LogP contribution in [0.15, 0.2) is 54.6 Å². The third-order valence-corrected chi connectivity index (χ3v) is 3.61. The molecule has 0 aliphatic carbocycles. The molecule has 0 spiro atoms. The van der Waals surface area contributed by atoms with Crippen LogP contribution in [0.25, 0.3) is 11.3 Å². The van der Waals surface area contributed by atoms with Crippen LogP contribution in [0.1, 0.15) is 29.0 Å². The smallest absolute Gasteiger partial charge is 0.172 e. The Morgan fingerprint density at radius 3 is 2.45 bits per heavy atom. The number of rotatable bonds is 4. The molecule has 110 valence electrons. The van der Waals surface area contributed by atoms with Crippen molar-refractivity contribution in [2.75, 3.05) is 0 Å². The highest BCUT2D eigenvalue weighted by Crippen LogP contribution is 2.29. The van der Waals surface area contributed by atoms with Gasteiger partial charge in [0.1, 0.15) is 11.5 Å². The van der Waals surface area contributed by atoms with Gasteiger partial charge in [0, 0.05) is 5.56 Å². The zero-order valence-corrected chi connectivity index (χ0v) is 12.0. The fourth-order valence-corrected chi connectivity index (χ4v) is 2.44. The summed E-state index contributed by atoms with van der Waals surface area (Å²) >= 11 is 0. The maximum atomic E-state index is 14.1. The van der Waals surface area contributed by atoms with Gasteiger partial charge in [-0.1, -0.05) is 47.7 Å². The summed E-state index contributed by atoms with van der Waals surface area (Å²) in [6, 6.07) is 15.8. The summed E-state index contributed by atoms with van der Waals surface area (Å²) in [6.45, 7) is 1.93. The van der Waals surface area contributed by atoms with E-state index >= 15 is 0 Å². The van der Waals surface area contributed by atoms with E-state index in [0.717, 1.165) is 5.56 Å². The van der Waals surface area contributed by atoms with Gasteiger partial charge in [-0.3, -0.25) is 4.79 Å². The van der Waals surface area contributed by atoms with Crippen LogP contribution in [0.3, 0.4) is 0 Å². The quantitative estimate of drug-likeness (QED) is 0.692. The van der Waals surface area contributed by atoms with Crippen molar-refractivity contribution in [3.05, 3.63) is 71.7 Å². The number of hydrogen-bond acceptors (Lipinski definition) is 3. The standard InChI is InChI=1S/C17H14FN3O/c1-12(13-7-3-2-4-8-13)21-17(16(11-22)19-20-21)14-9-5-6-10-15(14)18/h2-12H,1H3. The lowest BCUT2D eigenvalue weighted by atomic mass is 10.1. The minimum Gasteiger partial charge on any atom is -0.296 e. The van der Waals surface area contributed by atoms with Gasteiger partial charge in [0.15, 0.2) is 12.0 Å². The van der Waals surface area contributed by atoms with Gasteiger partial charge in [0.05, 0.1) is 6.04 Å². The minimum absolute atomic E-state index is 0.132. The summed E-state index contributed by atoms with van der Waals surface area (Å²) < 4.78 is 15.7. The first-order chi connectivity index (χ1) is 10.7. The van der Waals surface area contributed by atoms with Crippen LogP contribution in [0.5, 0.6) is 0 Å². The third kappa shape index (κ3) is 2.41. The van der Waals surface area contributed by atoms with Crippen LogP contribution >= 0.6 is 0 Å². The second-order valence-electron chi connectivity index (χ2n) is 4.95. The van der Waals surface area contributed by atoms with Gasteiger partial charge in [0.2, 0.25) is 0 Å². The topological polar surface area (TPSA) is 47.8 Å². The molecule has 0 aliphatic heterocycles. The van der Waals surface area contributed by atoms with Crippen molar-refractivity contribution in [3.8, 4) is 11.3 Å². The third-order valence-electron chi connectivity index (χ3n) is 3.61. The molecule has 0 bridgehead atoms. The monoisotopic (exact) mass is 295 g/mol. The highest BCUT2D eigenvalue weighted by Gasteiger charge is 2.21. The second-order valence-corrected chi connectivity index (χ2v) is 4.95. The highest BCUT2D eigenvalue weighted by atomic mass is 19.1. The summed E-state index contributed by atoms with van der Waals surface area (Å²) in [6.07, 6.45) is 0.600. The Morgan fingerprint density at radius 1 is 1.09 bits per heavy atom. The van der Waals surface area contributed by atoms with Crippen molar-refractivity contribution in [3.63, 3.8) is 0 Å². The molecule has 0 N–H and O–H groups in total. The lowest BCUT2D eigenvalue weighted by Crippen LogP contribution is -2.11. The van der Waals surface area contributed by atoms with Crippen molar-refractivity contribution in [2.24, 2.45) is 0 Å². The zero-order chi connectivity index (χ0) is 15.5. The van der Waals surface area contributed by atoms with E-state index in [9.17, 15) is 9.18 Å². The van der Waals surface area contributed by atoms with Crippen LogP contribution in [0.2, 0.25) is 0 Å². The molecule has 5 heteroatoms. The Bertz CT molecular complexity index is 799. The Hall–Kier alpha value is -2.82. The van der Waals surface area contributed by atoms with Gasteiger partial charge in [-0.25, -0.2) is 9.07 Å². The Kier molecular flexibility index (Phi) is 3.78. The highest BCUT2D eigenvalue weighted by molar-refractivity contribution is 5.83. The summed E-state index contributed by atoms with van der Waals surface area (Å²) in [7, 11) is 0. The molecule has 0 radical (unpaired) electrons. The van der Waals surface area contributed by atoms with E-state index in [1.54, 1.807) is 22.9 Å². The fourth-order valence-electron chi connectivity index (χ4n) is 2.44. The van der Waals surface area contributed by atoms with E-state index < -0.39 is 5.82 Å². The number of carbonyl (C=O) groups is 1. The first-order valence-corrected chi connectivity index (χ1v) is 6.92. The summed E-state index contributed by atoms with van der Waals surface area (Å²) in [5, 5.41) is 7.93. The molecule has 0 saturated heterocycles. The number of aldehydes is 1. The number of halogens is 1. The second kappa shape index (κ2) is 5.89. The van der Waals surface area contributed by atoms with Crippen LogP contribution in [0.4, 0.5) is 4.39 Å². The lowest BCUT2D eigenvalue weighted by molar-refractivity contribution is 0.111. The van der Waals surface area contributed by atoms with Gasteiger partial charge >= 0.3 is 0 Å². The fraction of sp³-hybridized carbons (Fsp3) is 0.118. The summed E-state index contributed by atoms with van der Waals surface area (Å²) in [4.78, 5) is 11.2. The average molecular weight is 295 g/mol. The summed E-state index contributed by atoms with van der Waals surface area (Å²) in [5.41, 5.74) is 1.84. The molecule has 4 nitrogen and oxygen atoms in total. The van der Waals surface area contributed by atoms with Crippen molar-refractivity contribution < 1.29 is 9.18 Å². The maximum absolute atomic E-state index is 14.1. The zero-order valence-electron chi connectivity index (χ0n) is 12.0. The first-order valence-electron chi connectivity index (χ1n) is 6.92. The Morgan fingerprint density at radius 2 is 1.77 bits per heavy atom. The molecule has 0 amide bonds. The van der Waals surface area contributed by atoms with E-state index in [2.05, 4.69) is 10.3 Å². The van der Waals surface area contributed by atoms with Crippen molar-refractivity contribution in [1.29, 1.82) is 0 Å².